The molecule has 13 heteroatoms. The fourth-order valence-electron chi connectivity index (χ4n) is 2.90. The number of rotatable bonds is 28. The number of hydrogen-bond acceptors (Lipinski definition) is 11. The van der Waals surface area contributed by atoms with E-state index in [1.807, 2.05) is 6.92 Å². The molecule has 0 aliphatic carbocycles. The highest BCUT2D eigenvalue weighted by molar-refractivity contribution is 6.12. The normalized spacial score (nSPS) is 13.1. The predicted molar refractivity (Wildman–Crippen MR) is 136 cm³/mol. The van der Waals surface area contributed by atoms with E-state index < -0.39 is 0 Å². The van der Waals surface area contributed by atoms with Crippen LogP contribution in [0, 0.1) is 0 Å². The van der Waals surface area contributed by atoms with Gasteiger partial charge in [-0.2, -0.15) is 0 Å². The number of carbonyl (C=O) groups is 3. The second-order valence-corrected chi connectivity index (χ2v) is 7.74. The van der Waals surface area contributed by atoms with E-state index in [2.05, 4.69) is 5.32 Å². The largest absolute Gasteiger partial charge is 0.379 e. The summed E-state index contributed by atoms with van der Waals surface area (Å²) in [5.41, 5.74) is 0. The van der Waals surface area contributed by atoms with Gasteiger partial charge in [0.1, 0.15) is 0 Å². The summed E-state index contributed by atoms with van der Waals surface area (Å²) in [7, 11) is 0. The summed E-state index contributed by atoms with van der Waals surface area (Å²) in [6.45, 7) is 10.2. The quantitative estimate of drug-likeness (QED) is 0.101. The van der Waals surface area contributed by atoms with Crippen molar-refractivity contribution in [3.8, 4) is 0 Å². The van der Waals surface area contributed by atoms with Crippen molar-refractivity contribution in [2.75, 3.05) is 119 Å². The molecule has 0 spiro atoms. The van der Waals surface area contributed by atoms with Crippen LogP contribution < -0.4 is 5.32 Å². The summed E-state index contributed by atoms with van der Waals surface area (Å²) in [5, 5.41) is 2.65. The molecule has 38 heavy (non-hydrogen) atoms. The molecular formula is C25H44N2O11. The Morgan fingerprint density at radius 1 is 0.605 bits per heavy atom. The molecule has 1 aliphatic rings. The minimum Gasteiger partial charge on any atom is -0.379 e. The van der Waals surface area contributed by atoms with Crippen LogP contribution in [-0.2, 0) is 52.3 Å². The van der Waals surface area contributed by atoms with Gasteiger partial charge in [0.2, 0.25) is 5.91 Å². The highest BCUT2D eigenvalue weighted by atomic mass is 16.6. The Morgan fingerprint density at radius 3 is 1.32 bits per heavy atom. The molecule has 0 saturated heterocycles. The lowest BCUT2D eigenvalue weighted by Crippen LogP contribution is -2.38. The van der Waals surface area contributed by atoms with Crippen molar-refractivity contribution in [2.24, 2.45) is 0 Å². The number of ether oxygens (including phenoxy) is 8. The predicted octanol–water partition coefficient (Wildman–Crippen LogP) is -0.430. The van der Waals surface area contributed by atoms with Crippen LogP contribution in [-0.4, -0.2) is 141 Å². The molecule has 0 aromatic carbocycles. The summed E-state index contributed by atoms with van der Waals surface area (Å²) in [6.07, 6.45) is 2.61. The number of carbonyl (C=O) groups excluding carboxylic acids is 3. The van der Waals surface area contributed by atoms with Crippen LogP contribution in [0.25, 0.3) is 0 Å². The van der Waals surface area contributed by atoms with Crippen LogP contribution >= 0.6 is 0 Å². The zero-order valence-corrected chi connectivity index (χ0v) is 22.5. The first-order valence-electron chi connectivity index (χ1n) is 13.1. The van der Waals surface area contributed by atoms with E-state index in [4.69, 9.17) is 37.9 Å². The number of hydrogen-bond donors (Lipinski definition) is 1. The molecule has 3 amide bonds. The van der Waals surface area contributed by atoms with Crippen molar-refractivity contribution in [1.29, 1.82) is 0 Å². The molecule has 1 rings (SSSR count). The zero-order chi connectivity index (χ0) is 27.5. The lowest BCUT2D eigenvalue weighted by molar-refractivity contribution is -0.137. The van der Waals surface area contributed by atoms with E-state index in [0.717, 1.165) is 4.90 Å². The smallest absolute Gasteiger partial charge is 0.253 e. The third-order valence-corrected chi connectivity index (χ3v) is 4.84. The fraction of sp³-hybridized carbons (Fsp3) is 0.800. The minimum atomic E-state index is -0.364. The molecule has 0 aromatic rings. The Labute approximate surface area is 225 Å². The standard InChI is InChI=1S/C25H44N2O11/c1-2-31-9-10-33-13-14-35-17-18-37-21-22-38-20-19-36-16-15-34-12-11-32-8-5-23(28)26-6-7-27-24(29)3-4-25(27)30/h3-4H,2,5-22H2,1H3,(H,26,28). The maximum Gasteiger partial charge on any atom is 0.253 e. The van der Waals surface area contributed by atoms with E-state index in [9.17, 15) is 14.4 Å². The first-order valence-corrected chi connectivity index (χ1v) is 13.1. The highest BCUT2D eigenvalue weighted by Gasteiger charge is 2.22. The minimum absolute atomic E-state index is 0.150. The second-order valence-electron chi connectivity index (χ2n) is 7.74. The van der Waals surface area contributed by atoms with Crippen LogP contribution in [0.5, 0.6) is 0 Å². The van der Waals surface area contributed by atoms with Crippen molar-refractivity contribution in [2.45, 2.75) is 13.3 Å². The molecule has 0 radical (unpaired) electrons. The maximum absolute atomic E-state index is 11.7. The van der Waals surface area contributed by atoms with E-state index in [1.165, 1.54) is 12.2 Å². The topological polar surface area (TPSA) is 140 Å². The number of amides is 3. The maximum atomic E-state index is 11.7. The van der Waals surface area contributed by atoms with E-state index in [0.29, 0.717) is 99.1 Å². The Balaban J connectivity index is 1.69. The number of nitrogens with zero attached hydrogens (tertiary/aromatic N) is 1. The van der Waals surface area contributed by atoms with Crippen LogP contribution in [0.3, 0.4) is 0 Å². The molecule has 1 heterocycles. The lowest BCUT2D eigenvalue weighted by atomic mass is 10.4. The molecule has 0 unspecified atom stereocenters. The van der Waals surface area contributed by atoms with E-state index >= 15 is 0 Å². The van der Waals surface area contributed by atoms with E-state index in [-0.39, 0.29) is 43.8 Å². The van der Waals surface area contributed by atoms with Crippen molar-refractivity contribution in [3.63, 3.8) is 0 Å². The first kappa shape index (κ1) is 34.1. The molecule has 0 atom stereocenters. The van der Waals surface area contributed by atoms with E-state index in [1.54, 1.807) is 0 Å². The summed E-state index contributed by atoms with van der Waals surface area (Å²) >= 11 is 0. The van der Waals surface area contributed by atoms with Crippen molar-refractivity contribution in [1.82, 2.24) is 10.2 Å². The van der Waals surface area contributed by atoms with Crippen LogP contribution in [0.15, 0.2) is 12.2 Å². The van der Waals surface area contributed by atoms with Gasteiger partial charge in [0.05, 0.1) is 99.1 Å². The van der Waals surface area contributed by atoms with Crippen molar-refractivity contribution < 1.29 is 52.3 Å². The Kier molecular flexibility index (Phi) is 22.7. The molecule has 0 saturated carbocycles. The SMILES string of the molecule is CCOCCOCCOCCOCCOCCOCCOCCOCCC(=O)NCCN1C(=O)C=CC1=O. The van der Waals surface area contributed by atoms with Gasteiger partial charge in [-0.1, -0.05) is 0 Å². The van der Waals surface area contributed by atoms with Gasteiger partial charge < -0.3 is 43.2 Å². The van der Waals surface area contributed by atoms with Crippen LogP contribution in [0.2, 0.25) is 0 Å². The van der Waals surface area contributed by atoms with Crippen molar-refractivity contribution in [3.05, 3.63) is 12.2 Å². The van der Waals surface area contributed by atoms with Gasteiger partial charge in [-0.3, -0.25) is 19.3 Å². The molecule has 0 bridgehead atoms. The Morgan fingerprint density at radius 2 is 0.947 bits per heavy atom. The van der Waals surface area contributed by atoms with Crippen molar-refractivity contribution >= 4 is 17.7 Å². The van der Waals surface area contributed by atoms with Crippen LogP contribution in [0.1, 0.15) is 13.3 Å². The summed E-state index contributed by atoms with van der Waals surface area (Å²) < 4.78 is 42.9. The fourth-order valence-corrected chi connectivity index (χ4v) is 2.90. The average molecular weight is 549 g/mol. The lowest BCUT2D eigenvalue weighted by Gasteiger charge is -2.14. The van der Waals surface area contributed by atoms with Gasteiger partial charge >= 0.3 is 0 Å². The van der Waals surface area contributed by atoms with Gasteiger partial charge in [0, 0.05) is 38.3 Å². The monoisotopic (exact) mass is 548 g/mol. The number of imide groups is 1. The number of nitrogens with one attached hydrogen (secondary N) is 1. The third-order valence-electron chi connectivity index (χ3n) is 4.84. The second kappa shape index (κ2) is 25.3. The zero-order valence-electron chi connectivity index (χ0n) is 22.5. The summed E-state index contributed by atoms with van der Waals surface area (Å²) in [5.74, 6) is -0.935. The summed E-state index contributed by atoms with van der Waals surface area (Å²) in [4.78, 5) is 35.6. The molecule has 220 valence electrons. The molecular weight excluding hydrogens is 504 g/mol. The third kappa shape index (κ3) is 20.1. The molecule has 0 aromatic heterocycles. The van der Waals surface area contributed by atoms with Gasteiger partial charge in [0.25, 0.3) is 11.8 Å². The van der Waals surface area contributed by atoms with Gasteiger partial charge in [-0.25, -0.2) is 0 Å². The highest BCUT2D eigenvalue weighted by Crippen LogP contribution is 2.01. The summed E-state index contributed by atoms with van der Waals surface area (Å²) in [6, 6.07) is 0. The Hall–Kier alpha value is -1.97. The average Bonchev–Trinajstić information content (AvgIpc) is 3.23. The van der Waals surface area contributed by atoms with Gasteiger partial charge in [0.15, 0.2) is 0 Å². The molecule has 13 nitrogen and oxygen atoms in total. The first-order chi connectivity index (χ1) is 18.6. The van der Waals surface area contributed by atoms with Gasteiger partial charge in [-0.15, -0.1) is 0 Å². The molecule has 1 aliphatic heterocycles. The van der Waals surface area contributed by atoms with Crippen LogP contribution in [0.4, 0.5) is 0 Å². The Bertz CT molecular complexity index is 631. The molecule has 1 N–H and O–H groups in total. The molecule has 0 fully saturated rings. The van der Waals surface area contributed by atoms with Gasteiger partial charge in [-0.05, 0) is 6.92 Å².